The molecule has 0 saturated carbocycles. The molecule has 0 bridgehead atoms. The summed E-state index contributed by atoms with van der Waals surface area (Å²) >= 11 is 0. The minimum absolute atomic E-state index is 0.124. The van der Waals surface area contributed by atoms with Crippen molar-refractivity contribution < 1.29 is 18.7 Å². The van der Waals surface area contributed by atoms with E-state index in [1.807, 2.05) is 6.92 Å². The van der Waals surface area contributed by atoms with Gasteiger partial charge in [0.15, 0.2) is 0 Å². The number of hydrogen-bond acceptors (Lipinski definition) is 3. The maximum atomic E-state index is 11.2. The molecular weight excluding hydrogens is 204 g/mol. The highest BCUT2D eigenvalue weighted by Crippen LogP contribution is 2.38. The highest BCUT2D eigenvalue weighted by molar-refractivity contribution is 7.50. The van der Waals surface area contributed by atoms with E-state index in [1.165, 1.54) is 7.11 Å². The van der Waals surface area contributed by atoms with Crippen LogP contribution in [0.2, 0.25) is 0 Å². The molecule has 1 heterocycles. The van der Waals surface area contributed by atoms with E-state index in [0.717, 1.165) is 6.42 Å². The van der Waals surface area contributed by atoms with Crippen molar-refractivity contribution in [2.24, 2.45) is 0 Å². The zero-order valence-corrected chi connectivity index (χ0v) is 9.24. The van der Waals surface area contributed by atoms with E-state index in [1.54, 1.807) is 0 Å². The van der Waals surface area contributed by atoms with Crippen LogP contribution in [0.1, 0.15) is 19.8 Å². The third-order valence-corrected chi connectivity index (χ3v) is 3.42. The van der Waals surface area contributed by atoms with Crippen molar-refractivity contribution in [3.8, 4) is 0 Å². The van der Waals surface area contributed by atoms with Gasteiger partial charge in [-0.25, -0.2) is 9.65 Å². The molecule has 0 aliphatic carbocycles. The Hall–Kier alpha value is 0.135. The van der Waals surface area contributed by atoms with Crippen molar-refractivity contribution in [2.45, 2.75) is 37.9 Å². The molecule has 0 amide bonds. The second-order valence-corrected chi connectivity index (χ2v) is 4.96. The predicted molar refractivity (Wildman–Crippen MR) is 53.1 cm³/mol. The lowest BCUT2D eigenvalue weighted by Gasteiger charge is -2.20. The Morgan fingerprint density at radius 2 is 2.43 bits per heavy atom. The molecule has 1 aliphatic rings. The van der Waals surface area contributed by atoms with E-state index in [2.05, 4.69) is 9.61 Å². The zero-order chi connectivity index (χ0) is 10.8. The van der Waals surface area contributed by atoms with Crippen LogP contribution in [0.25, 0.3) is 0 Å². The molecule has 1 rings (SSSR count). The summed E-state index contributed by atoms with van der Waals surface area (Å²) < 4.78 is 21.0. The predicted octanol–water partition coefficient (Wildman–Crippen LogP) is 0.385. The molecular formula is C7H15BNO4P. The average Bonchev–Trinajstić information content (AvgIpc) is 2.45. The fourth-order valence-electron chi connectivity index (χ4n) is 1.56. The molecule has 1 aliphatic heterocycles. The summed E-state index contributed by atoms with van der Waals surface area (Å²) in [5.74, 6) is 0. The van der Waals surface area contributed by atoms with Crippen LogP contribution in [0, 0.1) is 0 Å². The van der Waals surface area contributed by atoms with Crippen molar-refractivity contribution in [3.63, 3.8) is 0 Å². The van der Waals surface area contributed by atoms with Gasteiger partial charge in [0.2, 0.25) is 0 Å². The molecule has 2 N–H and O–H groups in total. The first-order chi connectivity index (χ1) is 6.48. The fourth-order valence-corrected chi connectivity index (χ4v) is 2.35. The Labute approximate surface area is 85.2 Å². The van der Waals surface area contributed by atoms with Crippen molar-refractivity contribution >= 4 is 15.6 Å². The van der Waals surface area contributed by atoms with Crippen LogP contribution in [0.4, 0.5) is 0 Å². The van der Waals surface area contributed by atoms with Gasteiger partial charge in [-0.15, -0.1) is 0 Å². The maximum Gasteiger partial charge on any atom is 0.403 e. The Morgan fingerprint density at radius 1 is 1.79 bits per heavy atom. The molecule has 0 aromatic rings. The van der Waals surface area contributed by atoms with Crippen LogP contribution in [0.15, 0.2) is 0 Å². The molecule has 4 atom stereocenters. The molecule has 0 aromatic heterocycles. The quantitative estimate of drug-likeness (QED) is 0.528. The molecule has 5 nitrogen and oxygen atoms in total. The van der Waals surface area contributed by atoms with E-state index in [9.17, 15) is 9.46 Å². The maximum absolute atomic E-state index is 11.2. The van der Waals surface area contributed by atoms with Gasteiger partial charge in [0, 0.05) is 19.2 Å². The molecule has 1 saturated heterocycles. The van der Waals surface area contributed by atoms with Gasteiger partial charge in [-0.1, -0.05) is 6.92 Å². The van der Waals surface area contributed by atoms with Gasteiger partial charge in [-0.3, -0.25) is 0 Å². The fraction of sp³-hybridized carbons (Fsp3) is 1.00. The SMILES string of the molecule is [B]C1CC(NP(=O)(O)OC)C(CC)O1. The Morgan fingerprint density at radius 3 is 2.93 bits per heavy atom. The van der Waals surface area contributed by atoms with E-state index in [-0.39, 0.29) is 18.1 Å². The van der Waals surface area contributed by atoms with Crippen molar-refractivity contribution in [1.82, 2.24) is 5.09 Å². The smallest absolute Gasteiger partial charge is 0.383 e. The van der Waals surface area contributed by atoms with Gasteiger partial charge < -0.3 is 14.2 Å². The van der Waals surface area contributed by atoms with E-state index in [4.69, 9.17) is 12.6 Å². The minimum atomic E-state index is -3.69. The summed E-state index contributed by atoms with van der Waals surface area (Å²) in [7, 11) is 3.08. The molecule has 80 valence electrons. The summed E-state index contributed by atoms with van der Waals surface area (Å²) in [4.78, 5) is 9.21. The largest absolute Gasteiger partial charge is 0.403 e. The first-order valence-corrected chi connectivity index (χ1v) is 6.13. The summed E-state index contributed by atoms with van der Waals surface area (Å²) in [5.41, 5.74) is 0. The summed E-state index contributed by atoms with van der Waals surface area (Å²) in [6.07, 6.45) is 1.14. The van der Waals surface area contributed by atoms with Gasteiger partial charge in [0.05, 0.1) is 6.10 Å². The number of hydrogen-bond donors (Lipinski definition) is 2. The lowest BCUT2D eigenvalue weighted by Crippen LogP contribution is -2.34. The van der Waals surface area contributed by atoms with Gasteiger partial charge in [0.1, 0.15) is 7.85 Å². The van der Waals surface area contributed by atoms with Gasteiger partial charge in [0.25, 0.3) is 0 Å². The third kappa shape index (κ3) is 3.07. The van der Waals surface area contributed by atoms with Crippen LogP contribution >= 0.6 is 7.75 Å². The zero-order valence-electron chi connectivity index (χ0n) is 8.34. The highest BCUT2D eigenvalue weighted by atomic mass is 31.2. The Balaban J connectivity index is 2.55. The highest BCUT2D eigenvalue weighted by Gasteiger charge is 2.35. The molecule has 2 radical (unpaired) electrons. The van der Waals surface area contributed by atoms with Crippen LogP contribution in [0.5, 0.6) is 0 Å². The topological polar surface area (TPSA) is 67.8 Å². The average molecular weight is 219 g/mol. The molecule has 7 heteroatoms. The second kappa shape index (κ2) is 4.77. The van der Waals surface area contributed by atoms with Crippen molar-refractivity contribution in [1.29, 1.82) is 0 Å². The van der Waals surface area contributed by atoms with E-state index in [0.29, 0.717) is 6.42 Å². The van der Waals surface area contributed by atoms with Crippen LogP contribution in [-0.2, 0) is 13.8 Å². The lowest BCUT2D eigenvalue weighted by atomic mass is 9.95. The van der Waals surface area contributed by atoms with Crippen LogP contribution < -0.4 is 5.09 Å². The molecule has 14 heavy (non-hydrogen) atoms. The van der Waals surface area contributed by atoms with Crippen LogP contribution in [0.3, 0.4) is 0 Å². The monoisotopic (exact) mass is 219 g/mol. The van der Waals surface area contributed by atoms with Crippen LogP contribution in [-0.4, -0.2) is 38.0 Å². The van der Waals surface area contributed by atoms with Gasteiger partial charge in [-0.05, 0) is 12.8 Å². The Kier molecular flexibility index (Phi) is 4.16. The summed E-state index contributed by atoms with van der Waals surface area (Å²) in [6, 6.07) is -0.583. The van der Waals surface area contributed by atoms with E-state index < -0.39 is 7.75 Å². The summed E-state index contributed by atoms with van der Waals surface area (Å²) in [6.45, 7) is 1.94. The second-order valence-electron chi connectivity index (χ2n) is 3.30. The first-order valence-electron chi connectivity index (χ1n) is 4.56. The number of nitrogens with one attached hydrogen (secondary N) is 1. The lowest BCUT2D eigenvalue weighted by molar-refractivity contribution is 0.0771. The number of ether oxygens (including phenoxy) is 1. The van der Waals surface area contributed by atoms with Gasteiger partial charge >= 0.3 is 7.75 Å². The van der Waals surface area contributed by atoms with E-state index >= 15 is 0 Å². The molecule has 1 fully saturated rings. The molecule has 0 spiro atoms. The van der Waals surface area contributed by atoms with Gasteiger partial charge in [-0.2, -0.15) is 0 Å². The minimum Gasteiger partial charge on any atom is -0.383 e. The molecule has 0 aromatic carbocycles. The normalized spacial score (nSPS) is 36.9. The number of rotatable bonds is 4. The van der Waals surface area contributed by atoms with Crippen molar-refractivity contribution in [3.05, 3.63) is 0 Å². The van der Waals surface area contributed by atoms with Crippen molar-refractivity contribution in [2.75, 3.05) is 7.11 Å². The standard InChI is InChI=1S/C7H15BNO4P/c1-3-6-5(4-7(8)13-6)9-14(10,11)12-2/h5-7H,3-4H2,1-2H3,(H2,9,10,11). The third-order valence-electron chi connectivity index (χ3n) is 2.26. The first kappa shape index (κ1) is 12.2. The molecule has 4 unspecified atom stereocenters. The Bertz CT molecular complexity index is 240. The summed E-state index contributed by atoms with van der Waals surface area (Å²) in [5, 5.41) is 2.52.